The largest absolute Gasteiger partial charge is 0.453 e. The lowest BCUT2D eigenvalue weighted by molar-refractivity contribution is 0.0550. The van der Waals surface area contributed by atoms with Crippen LogP contribution in [0.2, 0.25) is 0 Å². The molecule has 3 aliphatic rings. The maximum Gasteiger partial charge on any atom is 0.289 e. The summed E-state index contributed by atoms with van der Waals surface area (Å²) in [5, 5.41) is 0. The molecule has 3 fully saturated rings. The average Bonchev–Trinajstić information content (AvgIpc) is 2.83. The van der Waals surface area contributed by atoms with Crippen molar-refractivity contribution < 1.29 is 22.4 Å². The van der Waals surface area contributed by atoms with Crippen LogP contribution in [-0.4, -0.2) is 74.7 Å². The third-order valence-electron chi connectivity index (χ3n) is 4.89. The zero-order chi connectivity index (χ0) is 18.2. The zero-order valence-electron chi connectivity index (χ0n) is 14.8. The van der Waals surface area contributed by atoms with Crippen LogP contribution in [0.5, 0.6) is 0 Å². The summed E-state index contributed by atoms with van der Waals surface area (Å²) in [6, 6.07) is 3.26. The van der Waals surface area contributed by atoms with Crippen molar-refractivity contribution in [1.29, 1.82) is 0 Å². The number of ether oxygens (including phenoxy) is 1. The van der Waals surface area contributed by atoms with Crippen molar-refractivity contribution in [2.45, 2.75) is 25.5 Å². The van der Waals surface area contributed by atoms with E-state index in [2.05, 4.69) is 0 Å². The predicted molar refractivity (Wildman–Crippen MR) is 91.1 cm³/mol. The highest BCUT2D eigenvalue weighted by molar-refractivity contribution is 7.86. The quantitative estimate of drug-likeness (QED) is 0.763. The molecule has 1 amide bonds. The molecule has 3 saturated heterocycles. The van der Waals surface area contributed by atoms with Crippen LogP contribution in [0.25, 0.3) is 0 Å². The molecule has 1 aromatic rings. The van der Waals surface area contributed by atoms with Crippen molar-refractivity contribution in [1.82, 2.24) is 13.5 Å². The van der Waals surface area contributed by atoms with Gasteiger partial charge in [-0.15, -0.1) is 0 Å². The van der Waals surface area contributed by atoms with E-state index in [4.69, 9.17) is 9.15 Å². The Morgan fingerprint density at radius 1 is 1.28 bits per heavy atom. The first-order valence-electron chi connectivity index (χ1n) is 8.39. The molecule has 0 spiro atoms. The van der Waals surface area contributed by atoms with Crippen molar-refractivity contribution in [3.63, 3.8) is 0 Å². The fraction of sp³-hybridized carbons (Fsp3) is 0.688. The lowest BCUT2D eigenvalue weighted by atomic mass is 9.95. The number of methoxy groups -OCH3 is 1. The van der Waals surface area contributed by atoms with Crippen LogP contribution in [-0.2, 0) is 21.6 Å². The highest BCUT2D eigenvalue weighted by Crippen LogP contribution is 2.31. The third kappa shape index (κ3) is 3.59. The van der Waals surface area contributed by atoms with Gasteiger partial charge in [0.15, 0.2) is 5.76 Å². The lowest BCUT2D eigenvalue weighted by Crippen LogP contribution is -2.48. The van der Waals surface area contributed by atoms with Crippen LogP contribution in [0.1, 0.15) is 29.2 Å². The van der Waals surface area contributed by atoms with E-state index in [0.717, 1.165) is 12.8 Å². The first-order valence-corrected chi connectivity index (χ1v) is 9.79. The third-order valence-corrected chi connectivity index (χ3v) is 6.76. The monoisotopic (exact) mass is 371 g/mol. The van der Waals surface area contributed by atoms with E-state index >= 15 is 0 Å². The van der Waals surface area contributed by atoms with Crippen LogP contribution in [0.4, 0.5) is 0 Å². The molecule has 9 heteroatoms. The number of carbonyl (C=O) groups is 1. The summed E-state index contributed by atoms with van der Waals surface area (Å²) >= 11 is 0. The minimum Gasteiger partial charge on any atom is -0.453 e. The van der Waals surface area contributed by atoms with Gasteiger partial charge in [0.2, 0.25) is 0 Å². The van der Waals surface area contributed by atoms with Crippen molar-refractivity contribution in [2.24, 2.45) is 5.92 Å². The number of rotatable bonds is 5. The Labute approximate surface area is 148 Å². The Hall–Kier alpha value is -1.42. The normalized spacial score (nSPS) is 24.7. The number of piperidine rings is 1. The van der Waals surface area contributed by atoms with E-state index in [9.17, 15) is 13.2 Å². The van der Waals surface area contributed by atoms with E-state index in [1.807, 2.05) is 0 Å². The minimum atomic E-state index is -3.48. The molecule has 140 valence electrons. The molecule has 4 rings (SSSR count). The van der Waals surface area contributed by atoms with Gasteiger partial charge in [-0.25, -0.2) is 0 Å². The number of carbonyl (C=O) groups excluding carboxylic acids is 1. The Morgan fingerprint density at radius 2 is 2.04 bits per heavy atom. The maximum absolute atomic E-state index is 12.9. The summed E-state index contributed by atoms with van der Waals surface area (Å²) in [6.07, 6.45) is 1.74. The van der Waals surface area contributed by atoms with E-state index in [0.29, 0.717) is 32.0 Å². The van der Waals surface area contributed by atoms with E-state index < -0.39 is 10.2 Å². The van der Waals surface area contributed by atoms with Crippen molar-refractivity contribution in [3.8, 4) is 0 Å². The second-order valence-corrected chi connectivity index (χ2v) is 9.00. The smallest absolute Gasteiger partial charge is 0.289 e. The summed E-state index contributed by atoms with van der Waals surface area (Å²) in [4.78, 5) is 14.6. The summed E-state index contributed by atoms with van der Waals surface area (Å²) in [7, 11) is 1.16. The molecule has 2 atom stereocenters. The first-order chi connectivity index (χ1) is 11.8. The van der Waals surface area contributed by atoms with Gasteiger partial charge in [0, 0.05) is 46.9 Å². The Morgan fingerprint density at radius 3 is 2.72 bits per heavy atom. The summed E-state index contributed by atoms with van der Waals surface area (Å²) < 4.78 is 38.3. The summed E-state index contributed by atoms with van der Waals surface area (Å²) in [6.45, 7) is 1.65. The van der Waals surface area contributed by atoms with E-state index in [1.165, 1.54) is 22.7 Å². The average molecular weight is 371 g/mol. The van der Waals surface area contributed by atoms with Gasteiger partial charge >= 0.3 is 0 Å². The second-order valence-electron chi connectivity index (χ2n) is 6.86. The summed E-state index contributed by atoms with van der Waals surface area (Å²) in [5.74, 6) is 0.844. The number of fused-ring (bicyclic) bond motifs is 4. The molecular formula is C16H25N3O5S. The van der Waals surface area contributed by atoms with Gasteiger partial charge in [0.1, 0.15) is 12.4 Å². The van der Waals surface area contributed by atoms with E-state index in [1.54, 1.807) is 24.1 Å². The molecule has 4 heterocycles. The molecule has 1 aromatic heterocycles. The van der Waals surface area contributed by atoms with Crippen LogP contribution in [0.15, 0.2) is 16.5 Å². The number of furan rings is 1. The zero-order valence-corrected chi connectivity index (χ0v) is 15.7. The van der Waals surface area contributed by atoms with Crippen LogP contribution in [0, 0.1) is 5.92 Å². The van der Waals surface area contributed by atoms with Gasteiger partial charge in [-0.3, -0.25) is 4.79 Å². The van der Waals surface area contributed by atoms with Crippen LogP contribution in [0.3, 0.4) is 0 Å². The molecular weight excluding hydrogens is 346 g/mol. The Balaban J connectivity index is 1.79. The predicted octanol–water partition coefficient (Wildman–Crippen LogP) is 0.769. The topological polar surface area (TPSA) is 83.3 Å². The molecule has 3 aliphatic heterocycles. The van der Waals surface area contributed by atoms with Gasteiger partial charge < -0.3 is 14.1 Å². The van der Waals surface area contributed by atoms with Crippen molar-refractivity contribution in [3.05, 3.63) is 23.7 Å². The first kappa shape index (κ1) is 18.4. The summed E-state index contributed by atoms with van der Waals surface area (Å²) in [5.41, 5.74) is 0. The second kappa shape index (κ2) is 7.06. The van der Waals surface area contributed by atoms with Crippen molar-refractivity contribution in [2.75, 3.05) is 40.8 Å². The molecule has 0 aliphatic carbocycles. The highest BCUT2D eigenvalue weighted by Gasteiger charge is 2.42. The molecule has 0 saturated carbocycles. The van der Waals surface area contributed by atoms with Crippen molar-refractivity contribution >= 4 is 16.1 Å². The van der Waals surface area contributed by atoms with Gasteiger partial charge in [-0.2, -0.15) is 17.0 Å². The maximum atomic E-state index is 12.9. The van der Waals surface area contributed by atoms with Crippen LogP contribution >= 0.6 is 0 Å². The molecule has 25 heavy (non-hydrogen) atoms. The Kier molecular flexibility index (Phi) is 5.19. The Bertz CT molecular complexity index is 730. The van der Waals surface area contributed by atoms with Gasteiger partial charge in [-0.05, 0) is 30.9 Å². The molecule has 0 aromatic carbocycles. The SMILES string of the molecule is COCc1ccc(C(=O)N2C[C@@H]3CC[C@H]2CN(S(=O)(=O)N(C)C)C3)o1. The number of nitrogens with zero attached hydrogens (tertiary/aromatic N) is 3. The minimum absolute atomic E-state index is 0.128. The number of amides is 1. The standard InChI is InChI=1S/C16H25N3O5S/c1-17(2)25(21,22)18-8-12-4-5-13(10-18)19(9-12)16(20)15-7-6-14(24-15)11-23-3/h6-7,12-13H,4-5,8-11H2,1-3H3/t12-,13+/m1/s1. The molecule has 0 radical (unpaired) electrons. The van der Waals surface area contributed by atoms with Gasteiger partial charge in [0.25, 0.3) is 16.1 Å². The molecule has 0 unspecified atom stereocenters. The molecule has 2 bridgehead atoms. The molecule has 0 N–H and O–H groups in total. The molecule has 8 nitrogen and oxygen atoms in total. The van der Waals surface area contributed by atoms with E-state index in [-0.39, 0.29) is 23.6 Å². The number of hydrogen-bond acceptors (Lipinski definition) is 5. The number of hydrogen-bond donors (Lipinski definition) is 0. The van der Waals surface area contributed by atoms with Gasteiger partial charge in [0.05, 0.1) is 0 Å². The fourth-order valence-corrected chi connectivity index (χ4v) is 4.78. The highest BCUT2D eigenvalue weighted by atomic mass is 32.2. The lowest BCUT2D eigenvalue weighted by Gasteiger charge is -2.35. The van der Waals surface area contributed by atoms with Crippen LogP contribution < -0.4 is 0 Å². The fourth-order valence-electron chi connectivity index (χ4n) is 3.56. The van der Waals surface area contributed by atoms with Gasteiger partial charge in [-0.1, -0.05) is 0 Å².